The fraction of sp³-hybridized carbons (Fsp3) is 0.857. The van der Waals surface area contributed by atoms with E-state index in [1.807, 2.05) is 6.07 Å². The van der Waals surface area contributed by atoms with Crippen LogP contribution < -0.4 is 5.73 Å². The van der Waals surface area contributed by atoms with E-state index in [9.17, 15) is 0 Å². The smallest absolute Gasteiger partial charge is 0.102 e. The molecule has 0 bridgehead atoms. The lowest BCUT2D eigenvalue weighted by Crippen LogP contribution is -2.20. The van der Waals surface area contributed by atoms with Crippen LogP contribution in [-0.2, 0) is 4.74 Å². The first-order chi connectivity index (χ1) is 5.31. The number of ether oxygens (including phenoxy) is 1. The molecule has 0 heterocycles. The highest BCUT2D eigenvalue weighted by atomic mass is 32.2. The third kappa shape index (κ3) is 7.66. The highest BCUT2D eigenvalue weighted by Crippen LogP contribution is 2.03. The van der Waals surface area contributed by atoms with Crippen LogP contribution >= 0.6 is 11.8 Å². The zero-order chi connectivity index (χ0) is 8.53. The van der Waals surface area contributed by atoms with E-state index >= 15 is 0 Å². The molecule has 0 radical (unpaired) electrons. The van der Waals surface area contributed by atoms with E-state index in [1.54, 1.807) is 18.9 Å². The molecule has 0 aromatic rings. The summed E-state index contributed by atoms with van der Waals surface area (Å²) in [6.07, 6.45) is 1.03. The lowest BCUT2D eigenvalue weighted by molar-refractivity contribution is 0.200. The van der Waals surface area contributed by atoms with E-state index in [-0.39, 0.29) is 6.04 Å². The Kier molecular flexibility index (Phi) is 7.69. The van der Waals surface area contributed by atoms with Gasteiger partial charge in [0.15, 0.2) is 0 Å². The van der Waals surface area contributed by atoms with Gasteiger partial charge in [0, 0.05) is 19.5 Å². The van der Waals surface area contributed by atoms with Crippen LogP contribution in [0, 0.1) is 11.3 Å². The maximum Gasteiger partial charge on any atom is 0.102 e. The van der Waals surface area contributed by atoms with Crippen LogP contribution in [-0.4, -0.2) is 31.3 Å². The molecule has 0 saturated carbocycles. The van der Waals surface area contributed by atoms with Crippen molar-refractivity contribution in [2.24, 2.45) is 5.73 Å². The van der Waals surface area contributed by atoms with Crippen molar-refractivity contribution in [3.05, 3.63) is 0 Å². The van der Waals surface area contributed by atoms with Gasteiger partial charge in [-0.2, -0.15) is 17.0 Å². The number of hydrogen-bond donors (Lipinski definition) is 1. The molecule has 1 unspecified atom stereocenters. The van der Waals surface area contributed by atoms with E-state index < -0.39 is 0 Å². The third-order valence-corrected chi connectivity index (χ3v) is 2.27. The minimum absolute atomic E-state index is 0.317. The van der Waals surface area contributed by atoms with Crippen LogP contribution in [0.25, 0.3) is 0 Å². The van der Waals surface area contributed by atoms with Gasteiger partial charge < -0.3 is 10.5 Å². The second kappa shape index (κ2) is 7.86. The molecule has 0 amide bonds. The molecular formula is C7H14N2OS. The van der Waals surface area contributed by atoms with Crippen molar-refractivity contribution in [3.8, 4) is 6.07 Å². The van der Waals surface area contributed by atoms with Crippen molar-refractivity contribution in [1.29, 1.82) is 5.26 Å². The van der Waals surface area contributed by atoms with Gasteiger partial charge in [-0.3, -0.25) is 0 Å². The Morgan fingerprint density at radius 3 is 3.00 bits per heavy atom. The first kappa shape index (κ1) is 10.8. The molecule has 2 N–H and O–H groups in total. The number of hydrogen-bond acceptors (Lipinski definition) is 4. The molecular weight excluding hydrogens is 160 g/mol. The number of nitriles is 1. The van der Waals surface area contributed by atoms with Crippen molar-refractivity contribution in [2.45, 2.75) is 12.5 Å². The molecule has 4 heteroatoms. The summed E-state index contributed by atoms with van der Waals surface area (Å²) in [5, 5.41) is 8.32. The number of rotatable bonds is 6. The molecule has 0 saturated heterocycles. The molecule has 0 aromatic carbocycles. The summed E-state index contributed by atoms with van der Waals surface area (Å²) < 4.78 is 4.87. The zero-order valence-electron chi connectivity index (χ0n) is 6.75. The summed E-state index contributed by atoms with van der Waals surface area (Å²) in [6.45, 7) is 0.786. The van der Waals surface area contributed by atoms with E-state index in [0.29, 0.717) is 0 Å². The van der Waals surface area contributed by atoms with E-state index in [2.05, 4.69) is 0 Å². The van der Waals surface area contributed by atoms with Crippen molar-refractivity contribution >= 4 is 11.8 Å². The minimum Gasteiger partial charge on any atom is -0.385 e. The van der Waals surface area contributed by atoms with Gasteiger partial charge in [0.1, 0.15) is 6.04 Å². The summed E-state index contributed by atoms with van der Waals surface area (Å²) >= 11 is 1.70. The fourth-order valence-corrected chi connectivity index (χ4v) is 1.37. The Balaban J connectivity index is 2.97. The van der Waals surface area contributed by atoms with E-state index in [4.69, 9.17) is 15.7 Å². The highest BCUT2D eigenvalue weighted by Gasteiger charge is 1.98. The maximum absolute atomic E-state index is 8.32. The average molecular weight is 174 g/mol. The average Bonchev–Trinajstić information content (AvgIpc) is 2.04. The Labute approximate surface area is 71.9 Å². The van der Waals surface area contributed by atoms with Gasteiger partial charge in [0.2, 0.25) is 0 Å². The monoisotopic (exact) mass is 174 g/mol. The quantitative estimate of drug-likeness (QED) is 0.599. The van der Waals surface area contributed by atoms with Gasteiger partial charge in [-0.15, -0.1) is 0 Å². The van der Waals surface area contributed by atoms with Crippen LogP contribution in [0.15, 0.2) is 0 Å². The Hall–Kier alpha value is -0.240. The van der Waals surface area contributed by atoms with Gasteiger partial charge >= 0.3 is 0 Å². The van der Waals surface area contributed by atoms with Crippen molar-refractivity contribution < 1.29 is 4.74 Å². The van der Waals surface area contributed by atoms with Crippen LogP contribution in [0.3, 0.4) is 0 Å². The molecule has 0 aromatic heterocycles. The molecule has 0 aliphatic carbocycles. The molecule has 3 nitrogen and oxygen atoms in total. The van der Waals surface area contributed by atoms with Gasteiger partial charge in [-0.05, 0) is 12.2 Å². The van der Waals surface area contributed by atoms with Gasteiger partial charge in [-0.1, -0.05) is 0 Å². The molecule has 0 rings (SSSR count). The fourth-order valence-electron chi connectivity index (χ4n) is 0.553. The van der Waals surface area contributed by atoms with Crippen molar-refractivity contribution in [1.82, 2.24) is 0 Å². The van der Waals surface area contributed by atoms with Crippen LogP contribution in [0.5, 0.6) is 0 Å². The number of methoxy groups -OCH3 is 1. The minimum atomic E-state index is -0.317. The summed E-state index contributed by atoms with van der Waals surface area (Å²) in [5.74, 6) is 1.74. The Morgan fingerprint density at radius 2 is 2.45 bits per heavy atom. The zero-order valence-corrected chi connectivity index (χ0v) is 7.56. The normalized spacial score (nSPS) is 12.5. The summed E-state index contributed by atoms with van der Waals surface area (Å²) in [6, 6.07) is 1.66. The van der Waals surface area contributed by atoms with E-state index in [1.165, 1.54) is 0 Å². The maximum atomic E-state index is 8.32. The third-order valence-electron chi connectivity index (χ3n) is 1.10. The summed E-state index contributed by atoms with van der Waals surface area (Å²) in [5.41, 5.74) is 5.37. The predicted molar refractivity (Wildman–Crippen MR) is 47.4 cm³/mol. The SMILES string of the molecule is COCCCSCC(N)C#N. The van der Waals surface area contributed by atoms with Crippen molar-refractivity contribution in [2.75, 3.05) is 25.2 Å². The summed E-state index contributed by atoms with van der Waals surface area (Å²) in [7, 11) is 1.69. The van der Waals surface area contributed by atoms with Crippen LogP contribution in [0.2, 0.25) is 0 Å². The van der Waals surface area contributed by atoms with Gasteiger partial charge in [0.05, 0.1) is 6.07 Å². The van der Waals surface area contributed by atoms with E-state index in [0.717, 1.165) is 24.5 Å². The number of thioether (sulfide) groups is 1. The Morgan fingerprint density at radius 1 is 1.73 bits per heavy atom. The number of nitrogens with zero attached hydrogens (tertiary/aromatic N) is 1. The van der Waals surface area contributed by atoms with Gasteiger partial charge in [-0.25, -0.2) is 0 Å². The molecule has 64 valence electrons. The van der Waals surface area contributed by atoms with Gasteiger partial charge in [0.25, 0.3) is 0 Å². The standard InChI is InChI=1S/C7H14N2OS/c1-10-3-2-4-11-6-7(9)5-8/h7H,2-4,6,9H2,1H3. The largest absolute Gasteiger partial charge is 0.385 e. The molecule has 1 atom stereocenters. The van der Waals surface area contributed by atoms with Crippen LogP contribution in [0.4, 0.5) is 0 Å². The lowest BCUT2D eigenvalue weighted by atomic mass is 10.4. The molecule has 0 fully saturated rings. The topological polar surface area (TPSA) is 59.0 Å². The Bertz CT molecular complexity index is 124. The summed E-state index contributed by atoms with van der Waals surface area (Å²) in [4.78, 5) is 0. The second-order valence-electron chi connectivity index (χ2n) is 2.16. The predicted octanol–water partition coefficient (Wildman–Crippen LogP) is 0.607. The first-order valence-electron chi connectivity index (χ1n) is 3.53. The molecule has 0 aliphatic heterocycles. The lowest BCUT2D eigenvalue weighted by Gasteiger charge is -2.01. The van der Waals surface area contributed by atoms with Crippen LogP contribution in [0.1, 0.15) is 6.42 Å². The molecule has 11 heavy (non-hydrogen) atoms. The van der Waals surface area contributed by atoms with Crippen molar-refractivity contribution in [3.63, 3.8) is 0 Å². The highest BCUT2D eigenvalue weighted by molar-refractivity contribution is 7.99. The second-order valence-corrected chi connectivity index (χ2v) is 3.31. The number of nitrogens with two attached hydrogens (primary N) is 1. The first-order valence-corrected chi connectivity index (χ1v) is 4.68. The molecule has 0 aliphatic rings. The molecule has 0 spiro atoms.